The van der Waals surface area contributed by atoms with Gasteiger partial charge >= 0.3 is 6.09 Å². The SMILES string of the molecule is COCCNc1cc(CCN(C)C)ccc1C(=O)Nc1nn(C(=O)OCCOC)c2ccc(S(=O)(=O)c3cc(F)cc(F)c3)cc12. The second kappa shape index (κ2) is 15.2. The van der Waals surface area contributed by atoms with E-state index in [2.05, 4.69) is 15.7 Å². The molecule has 3 aromatic carbocycles. The summed E-state index contributed by atoms with van der Waals surface area (Å²) < 4.78 is 70.7. The number of likely N-dealkylation sites (N-methyl/N-ethyl adjacent to an activating group) is 1. The molecule has 0 spiro atoms. The van der Waals surface area contributed by atoms with Crippen LogP contribution in [0, 0.1) is 11.6 Å². The fourth-order valence-electron chi connectivity index (χ4n) is 4.50. The Bertz CT molecular complexity index is 1810. The van der Waals surface area contributed by atoms with Gasteiger partial charge in [-0.2, -0.15) is 4.68 Å². The topological polar surface area (TPSA) is 141 Å². The Morgan fingerprint density at radius 1 is 0.913 bits per heavy atom. The highest BCUT2D eigenvalue weighted by Gasteiger charge is 2.25. The number of benzene rings is 3. The van der Waals surface area contributed by atoms with Gasteiger partial charge in [0.25, 0.3) is 5.91 Å². The fraction of sp³-hybridized carbons (Fsp3) is 0.323. The number of hydrogen-bond donors (Lipinski definition) is 2. The maximum absolute atomic E-state index is 13.9. The first-order valence-corrected chi connectivity index (χ1v) is 15.6. The second-order valence-electron chi connectivity index (χ2n) is 10.5. The van der Waals surface area contributed by atoms with Gasteiger partial charge < -0.3 is 29.7 Å². The summed E-state index contributed by atoms with van der Waals surface area (Å²) in [7, 11) is 2.49. The Balaban J connectivity index is 1.77. The lowest BCUT2D eigenvalue weighted by atomic mass is 10.1. The van der Waals surface area contributed by atoms with Crippen LogP contribution in [0.25, 0.3) is 10.9 Å². The molecule has 0 aliphatic heterocycles. The van der Waals surface area contributed by atoms with Crippen LogP contribution in [0.4, 0.5) is 25.1 Å². The van der Waals surface area contributed by atoms with Crippen molar-refractivity contribution < 1.29 is 41.0 Å². The van der Waals surface area contributed by atoms with Gasteiger partial charge in [-0.15, -0.1) is 5.10 Å². The highest BCUT2D eigenvalue weighted by Crippen LogP contribution is 2.31. The first-order valence-electron chi connectivity index (χ1n) is 14.2. The van der Waals surface area contributed by atoms with E-state index in [1.54, 1.807) is 13.2 Å². The molecule has 0 saturated heterocycles. The Kier molecular flexibility index (Phi) is 11.4. The molecule has 0 bridgehead atoms. The third-order valence-corrected chi connectivity index (χ3v) is 8.55. The zero-order valence-corrected chi connectivity index (χ0v) is 26.6. The van der Waals surface area contributed by atoms with Crippen molar-refractivity contribution in [1.29, 1.82) is 0 Å². The summed E-state index contributed by atoms with van der Waals surface area (Å²) in [6.45, 7) is 1.62. The minimum atomic E-state index is -4.43. The van der Waals surface area contributed by atoms with Crippen molar-refractivity contribution in [2.24, 2.45) is 0 Å². The largest absolute Gasteiger partial charge is 0.445 e. The highest BCUT2D eigenvalue weighted by atomic mass is 32.2. The number of hydrogen-bond acceptors (Lipinski definition) is 10. The van der Waals surface area contributed by atoms with E-state index in [-0.39, 0.29) is 40.4 Å². The van der Waals surface area contributed by atoms with Gasteiger partial charge in [-0.25, -0.2) is 22.0 Å². The summed E-state index contributed by atoms with van der Waals surface area (Å²) in [5.74, 6) is -2.88. The van der Waals surface area contributed by atoms with E-state index in [1.165, 1.54) is 13.2 Å². The van der Waals surface area contributed by atoms with Gasteiger partial charge in [0.2, 0.25) is 9.84 Å². The summed E-state index contributed by atoms with van der Waals surface area (Å²) in [6, 6.07) is 10.9. The van der Waals surface area contributed by atoms with Crippen LogP contribution in [0.3, 0.4) is 0 Å². The number of rotatable bonds is 14. The summed E-state index contributed by atoms with van der Waals surface area (Å²) in [6.07, 6.45) is -0.168. The van der Waals surface area contributed by atoms with Crippen molar-refractivity contribution in [2.75, 3.05) is 71.9 Å². The van der Waals surface area contributed by atoms with E-state index < -0.39 is 38.4 Å². The van der Waals surface area contributed by atoms with Crippen molar-refractivity contribution in [3.8, 4) is 0 Å². The number of amides is 1. The van der Waals surface area contributed by atoms with Gasteiger partial charge in [-0.1, -0.05) is 6.07 Å². The van der Waals surface area contributed by atoms with Crippen LogP contribution in [0.5, 0.6) is 0 Å². The average Bonchev–Trinajstić information content (AvgIpc) is 3.37. The van der Waals surface area contributed by atoms with Crippen LogP contribution >= 0.6 is 0 Å². The van der Waals surface area contributed by atoms with E-state index in [1.807, 2.05) is 31.1 Å². The number of carbonyl (C=O) groups is 2. The minimum Gasteiger partial charge on any atom is -0.445 e. The molecule has 46 heavy (non-hydrogen) atoms. The van der Waals surface area contributed by atoms with Gasteiger partial charge in [0, 0.05) is 44.4 Å². The quantitative estimate of drug-likeness (QED) is 0.189. The number of methoxy groups -OCH3 is 2. The summed E-state index contributed by atoms with van der Waals surface area (Å²) in [4.78, 5) is 27.7. The van der Waals surface area contributed by atoms with E-state index in [9.17, 15) is 26.8 Å². The Labute approximate surface area is 265 Å². The standard InChI is InChI=1S/C31H35F2N5O7S/c1-37(2)11-9-20-5-7-25(27(15-20)34-10-12-43-3)30(39)35-29-26-19-23(46(41,42)24-17-21(32)16-22(33)18-24)6-8-28(26)38(36-29)31(40)45-14-13-44-4/h5-8,15-19,34H,9-14H2,1-4H3,(H,35,36,39). The van der Waals surface area contributed by atoms with Gasteiger partial charge in [0.1, 0.15) is 18.2 Å². The third-order valence-electron chi connectivity index (χ3n) is 6.82. The van der Waals surface area contributed by atoms with Crippen molar-refractivity contribution in [2.45, 2.75) is 16.2 Å². The predicted molar refractivity (Wildman–Crippen MR) is 167 cm³/mol. The van der Waals surface area contributed by atoms with E-state index in [4.69, 9.17) is 14.2 Å². The van der Waals surface area contributed by atoms with E-state index >= 15 is 0 Å². The number of halogens is 2. The number of sulfone groups is 1. The molecule has 0 aliphatic rings. The average molecular weight is 660 g/mol. The maximum Gasteiger partial charge on any atom is 0.435 e. The number of fused-ring (bicyclic) bond motifs is 1. The number of nitrogens with one attached hydrogen (secondary N) is 2. The van der Waals surface area contributed by atoms with Gasteiger partial charge in [0.15, 0.2) is 5.82 Å². The zero-order chi connectivity index (χ0) is 33.4. The van der Waals surface area contributed by atoms with Crippen molar-refractivity contribution in [3.05, 3.63) is 77.4 Å². The van der Waals surface area contributed by atoms with Crippen LogP contribution in [0.15, 0.2) is 64.4 Å². The molecule has 0 aliphatic carbocycles. The van der Waals surface area contributed by atoms with Crippen LogP contribution < -0.4 is 10.6 Å². The van der Waals surface area contributed by atoms with Crippen molar-refractivity contribution in [1.82, 2.24) is 14.7 Å². The lowest BCUT2D eigenvalue weighted by molar-refractivity contribution is 0.0980. The zero-order valence-electron chi connectivity index (χ0n) is 25.8. The molecule has 2 N–H and O–H groups in total. The lowest BCUT2D eigenvalue weighted by Gasteiger charge is -2.15. The van der Waals surface area contributed by atoms with Crippen molar-refractivity contribution >= 4 is 44.2 Å². The molecule has 0 atom stereocenters. The molecule has 246 valence electrons. The monoisotopic (exact) mass is 659 g/mol. The molecule has 0 saturated carbocycles. The fourth-order valence-corrected chi connectivity index (χ4v) is 5.82. The summed E-state index contributed by atoms with van der Waals surface area (Å²) in [5.41, 5.74) is 1.89. The van der Waals surface area contributed by atoms with Crippen LogP contribution in [0.2, 0.25) is 0 Å². The van der Waals surface area contributed by atoms with Crippen LogP contribution in [0.1, 0.15) is 15.9 Å². The molecule has 1 amide bonds. The Morgan fingerprint density at radius 3 is 2.30 bits per heavy atom. The lowest BCUT2D eigenvalue weighted by Crippen LogP contribution is -2.19. The number of aromatic nitrogens is 2. The number of nitrogens with zero attached hydrogens (tertiary/aromatic N) is 3. The smallest absolute Gasteiger partial charge is 0.435 e. The summed E-state index contributed by atoms with van der Waals surface area (Å²) >= 11 is 0. The van der Waals surface area contributed by atoms with Gasteiger partial charge in [0.05, 0.1) is 34.1 Å². The third kappa shape index (κ3) is 8.23. The number of ether oxygens (including phenoxy) is 3. The normalized spacial score (nSPS) is 11.6. The predicted octanol–water partition coefficient (Wildman–Crippen LogP) is 4.19. The highest BCUT2D eigenvalue weighted by molar-refractivity contribution is 7.91. The molecular formula is C31H35F2N5O7S. The molecule has 0 unspecified atom stereocenters. The maximum atomic E-state index is 13.9. The van der Waals surface area contributed by atoms with Crippen LogP contribution in [-0.2, 0) is 30.5 Å². The second-order valence-corrected chi connectivity index (χ2v) is 12.4. The molecule has 0 radical (unpaired) electrons. The number of anilines is 2. The molecule has 0 fully saturated rings. The number of carbonyl (C=O) groups excluding carboxylic acids is 2. The molecule has 1 heterocycles. The Hall–Kier alpha value is -4.44. The van der Waals surface area contributed by atoms with E-state index in [0.29, 0.717) is 37.0 Å². The first-order chi connectivity index (χ1) is 21.9. The molecule has 4 aromatic rings. The van der Waals surface area contributed by atoms with Gasteiger partial charge in [-0.05, 0) is 68.5 Å². The molecule has 1 aromatic heterocycles. The summed E-state index contributed by atoms with van der Waals surface area (Å²) in [5, 5.41) is 10.2. The minimum absolute atomic E-state index is 0.0616. The molecular weight excluding hydrogens is 624 g/mol. The molecule has 12 nitrogen and oxygen atoms in total. The Morgan fingerprint density at radius 2 is 1.63 bits per heavy atom. The molecule has 4 rings (SSSR count). The van der Waals surface area contributed by atoms with Crippen LogP contribution in [-0.4, -0.2) is 96.3 Å². The first kappa shape index (κ1) is 34.4. The van der Waals surface area contributed by atoms with Gasteiger partial charge in [-0.3, -0.25) is 4.79 Å². The molecule has 15 heteroatoms. The van der Waals surface area contributed by atoms with Crippen molar-refractivity contribution in [3.63, 3.8) is 0 Å². The van der Waals surface area contributed by atoms with E-state index in [0.717, 1.165) is 35.3 Å².